The molecule has 18 heavy (non-hydrogen) atoms. The third-order valence-electron chi connectivity index (χ3n) is 3.24. The Kier molecular flexibility index (Phi) is 5.63. The Morgan fingerprint density at radius 1 is 1.50 bits per heavy atom. The van der Waals surface area contributed by atoms with E-state index in [1.165, 1.54) is 11.1 Å². The van der Waals surface area contributed by atoms with Crippen molar-refractivity contribution in [3.63, 3.8) is 0 Å². The fraction of sp³-hybridized carbons (Fsp3) is 0.500. The molecule has 1 atom stereocenters. The Morgan fingerprint density at radius 2 is 2.28 bits per heavy atom. The molecule has 1 aromatic carbocycles. The van der Waals surface area contributed by atoms with Crippen LogP contribution in [0.25, 0.3) is 0 Å². The molecule has 1 N–H and O–H groups in total. The van der Waals surface area contributed by atoms with Crippen LogP contribution in [0.4, 0.5) is 0 Å². The van der Waals surface area contributed by atoms with E-state index in [9.17, 15) is 4.79 Å². The molecule has 1 saturated heterocycles. The number of hydrogen-bond acceptors (Lipinski definition) is 2. The molecule has 100 valence electrons. The molecule has 0 aliphatic carbocycles. The van der Waals surface area contributed by atoms with Gasteiger partial charge in [0.25, 0.3) is 0 Å². The monoisotopic (exact) mass is 268 g/mol. The highest BCUT2D eigenvalue weighted by molar-refractivity contribution is 5.85. The minimum Gasteiger partial charge on any atom is -0.340 e. The first-order valence-corrected chi connectivity index (χ1v) is 6.21. The van der Waals surface area contributed by atoms with Crippen molar-refractivity contribution in [1.82, 2.24) is 10.2 Å². The summed E-state index contributed by atoms with van der Waals surface area (Å²) < 4.78 is 0. The molecule has 3 nitrogen and oxygen atoms in total. The Bertz CT molecular complexity index is 403. The predicted octanol–water partition coefficient (Wildman–Crippen LogP) is 2.13. The van der Waals surface area contributed by atoms with Crippen LogP contribution in [0.2, 0.25) is 0 Å². The summed E-state index contributed by atoms with van der Waals surface area (Å²) in [6.07, 6.45) is 2.08. The Balaban J connectivity index is 0.00000162. The number of likely N-dealkylation sites (N-methyl/N-ethyl adjacent to an activating group) is 1. The summed E-state index contributed by atoms with van der Waals surface area (Å²) in [7, 11) is 1.88. The van der Waals surface area contributed by atoms with E-state index in [1.54, 1.807) is 0 Å². The van der Waals surface area contributed by atoms with Crippen LogP contribution in [0.3, 0.4) is 0 Å². The molecule has 0 unspecified atom stereocenters. The second-order valence-electron chi connectivity index (χ2n) is 4.83. The van der Waals surface area contributed by atoms with Gasteiger partial charge in [-0.3, -0.25) is 4.79 Å². The van der Waals surface area contributed by atoms with Gasteiger partial charge >= 0.3 is 0 Å². The zero-order valence-electron chi connectivity index (χ0n) is 11.0. The lowest BCUT2D eigenvalue weighted by Crippen LogP contribution is -2.41. The van der Waals surface area contributed by atoms with Crippen LogP contribution in [0.5, 0.6) is 0 Å². The second kappa shape index (κ2) is 6.76. The highest BCUT2D eigenvalue weighted by atomic mass is 35.5. The molecule has 0 aromatic heterocycles. The molecule has 2 rings (SSSR count). The second-order valence-corrected chi connectivity index (χ2v) is 4.83. The van der Waals surface area contributed by atoms with Crippen molar-refractivity contribution in [3.8, 4) is 0 Å². The van der Waals surface area contributed by atoms with Gasteiger partial charge in [0.2, 0.25) is 5.91 Å². The average molecular weight is 269 g/mol. The van der Waals surface area contributed by atoms with Gasteiger partial charge in [-0.25, -0.2) is 0 Å². The number of benzene rings is 1. The lowest BCUT2D eigenvalue weighted by Gasteiger charge is -2.21. The molecule has 4 heteroatoms. The van der Waals surface area contributed by atoms with Crippen LogP contribution < -0.4 is 5.32 Å². The molecule has 0 spiro atoms. The van der Waals surface area contributed by atoms with E-state index in [0.29, 0.717) is 6.54 Å². The highest BCUT2D eigenvalue weighted by Gasteiger charge is 2.24. The quantitative estimate of drug-likeness (QED) is 0.911. The summed E-state index contributed by atoms with van der Waals surface area (Å²) in [5.41, 5.74) is 2.43. The fourth-order valence-electron chi connectivity index (χ4n) is 2.32. The number of nitrogens with zero attached hydrogens (tertiary/aromatic N) is 1. The SMILES string of the molecule is Cc1cccc(CN(C)C(=O)[C@@H]2CCCN2)c1.Cl. The minimum atomic E-state index is 0. The summed E-state index contributed by atoms with van der Waals surface area (Å²) in [5.74, 6) is 0.212. The fourth-order valence-corrected chi connectivity index (χ4v) is 2.32. The number of carbonyl (C=O) groups is 1. The molecular formula is C14H21ClN2O. The van der Waals surface area contributed by atoms with Gasteiger partial charge in [-0.1, -0.05) is 29.8 Å². The van der Waals surface area contributed by atoms with E-state index in [-0.39, 0.29) is 24.4 Å². The number of aryl methyl sites for hydroxylation is 1. The van der Waals surface area contributed by atoms with Crippen molar-refractivity contribution in [2.75, 3.05) is 13.6 Å². The smallest absolute Gasteiger partial charge is 0.239 e. The van der Waals surface area contributed by atoms with Crippen molar-refractivity contribution in [2.24, 2.45) is 0 Å². The van der Waals surface area contributed by atoms with Crippen molar-refractivity contribution in [1.29, 1.82) is 0 Å². The lowest BCUT2D eigenvalue weighted by atomic mass is 10.1. The molecule has 1 aliphatic rings. The first-order chi connectivity index (χ1) is 8.16. The van der Waals surface area contributed by atoms with Crippen molar-refractivity contribution >= 4 is 18.3 Å². The van der Waals surface area contributed by atoms with Crippen LogP contribution in [0.1, 0.15) is 24.0 Å². The third kappa shape index (κ3) is 3.72. The van der Waals surface area contributed by atoms with E-state index in [1.807, 2.05) is 18.0 Å². The van der Waals surface area contributed by atoms with Gasteiger partial charge in [0.15, 0.2) is 0 Å². The van der Waals surface area contributed by atoms with Gasteiger partial charge in [-0.15, -0.1) is 12.4 Å². The number of nitrogens with one attached hydrogen (secondary N) is 1. The van der Waals surface area contributed by atoms with Crippen molar-refractivity contribution in [3.05, 3.63) is 35.4 Å². The van der Waals surface area contributed by atoms with Gasteiger partial charge in [0.1, 0.15) is 0 Å². The van der Waals surface area contributed by atoms with Gasteiger partial charge in [0, 0.05) is 13.6 Å². The Hall–Kier alpha value is -1.06. The van der Waals surface area contributed by atoms with E-state index in [0.717, 1.165) is 19.4 Å². The maximum absolute atomic E-state index is 12.1. The normalized spacial score (nSPS) is 18.2. The molecule has 1 fully saturated rings. The summed E-state index contributed by atoms with van der Waals surface area (Å²) in [6, 6.07) is 8.34. The number of rotatable bonds is 3. The van der Waals surface area contributed by atoms with E-state index < -0.39 is 0 Å². The lowest BCUT2D eigenvalue weighted by molar-refractivity contribution is -0.132. The number of amides is 1. The van der Waals surface area contributed by atoms with Crippen LogP contribution in [-0.2, 0) is 11.3 Å². The largest absolute Gasteiger partial charge is 0.340 e. The van der Waals surface area contributed by atoms with Gasteiger partial charge in [0.05, 0.1) is 6.04 Å². The van der Waals surface area contributed by atoms with Gasteiger partial charge in [-0.2, -0.15) is 0 Å². The van der Waals surface area contributed by atoms with Crippen LogP contribution in [-0.4, -0.2) is 30.4 Å². The van der Waals surface area contributed by atoms with Crippen LogP contribution in [0, 0.1) is 6.92 Å². The van der Waals surface area contributed by atoms with E-state index in [2.05, 4.69) is 30.4 Å². The molecule has 0 bridgehead atoms. The minimum absolute atomic E-state index is 0. The van der Waals surface area contributed by atoms with Gasteiger partial charge in [-0.05, 0) is 31.9 Å². The number of hydrogen-bond donors (Lipinski definition) is 1. The highest BCUT2D eigenvalue weighted by Crippen LogP contribution is 2.11. The summed E-state index contributed by atoms with van der Waals surface area (Å²) in [4.78, 5) is 13.9. The third-order valence-corrected chi connectivity index (χ3v) is 3.24. The Labute approximate surface area is 115 Å². The maximum atomic E-state index is 12.1. The average Bonchev–Trinajstić information content (AvgIpc) is 2.81. The van der Waals surface area contributed by atoms with Crippen molar-refractivity contribution < 1.29 is 4.79 Å². The maximum Gasteiger partial charge on any atom is 0.239 e. The molecule has 0 saturated carbocycles. The topological polar surface area (TPSA) is 32.3 Å². The zero-order valence-corrected chi connectivity index (χ0v) is 11.8. The first-order valence-electron chi connectivity index (χ1n) is 6.21. The first kappa shape index (κ1) is 15.0. The van der Waals surface area contributed by atoms with Crippen LogP contribution >= 0.6 is 12.4 Å². The summed E-state index contributed by atoms with van der Waals surface area (Å²) in [6.45, 7) is 3.73. The van der Waals surface area contributed by atoms with E-state index in [4.69, 9.17) is 0 Å². The molecule has 1 heterocycles. The van der Waals surface area contributed by atoms with Crippen LogP contribution in [0.15, 0.2) is 24.3 Å². The zero-order chi connectivity index (χ0) is 12.3. The molecule has 1 amide bonds. The number of halogens is 1. The molecular weight excluding hydrogens is 248 g/mol. The molecule has 0 radical (unpaired) electrons. The summed E-state index contributed by atoms with van der Waals surface area (Å²) in [5, 5.41) is 3.24. The summed E-state index contributed by atoms with van der Waals surface area (Å²) >= 11 is 0. The van der Waals surface area contributed by atoms with Crippen molar-refractivity contribution in [2.45, 2.75) is 32.4 Å². The Morgan fingerprint density at radius 3 is 2.89 bits per heavy atom. The number of carbonyl (C=O) groups excluding carboxylic acids is 1. The standard InChI is InChI=1S/C14H20N2O.ClH/c1-11-5-3-6-12(9-11)10-16(2)14(17)13-7-4-8-15-13;/h3,5-6,9,13,15H,4,7-8,10H2,1-2H3;1H/t13-;/m0./s1. The van der Waals surface area contributed by atoms with E-state index >= 15 is 0 Å². The van der Waals surface area contributed by atoms with Gasteiger partial charge < -0.3 is 10.2 Å². The molecule has 1 aliphatic heterocycles. The predicted molar refractivity (Wildman–Crippen MR) is 75.9 cm³/mol. The molecule has 1 aromatic rings.